The highest BCUT2D eigenvalue weighted by atomic mass is 32.2. The van der Waals surface area contributed by atoms with Gasteiger partial charge >= 0.3 is 5.97 Å². The van der Waals surface area contributed by atoms with Crippen LogP contribution in [0, 0.1) is 20.8 Å². The van der Waals surface area contributed by atoms with Crippen LogP contribution in [0.5, 0.6) is 0 Å². The third kappa shape index (κ3) is 4.82. The summed E-state index contributed by atoms with van der Waals surface area (Å²) in [6.45, 7) is 5.45. The minimum Gasteiger partial charge on any atom is -0.454 e. The van der Waals surface area contributed by atoms with Crippen LogP contribution < -0.4 is 5.32 Å². The maximum atomic E-state index is 13.5. The highest BCUT2D eigenvalue weighted by molar-refractivity contribution is 7.89. The molecule has 2 heterocycles. The summed E-state index contributed by atoms with van der Waals surface area (Å²) in [5.74, 6) is -1.22. The van der Waals surface area contributed by atoms with Crippen LogP contribution in [0.1, 0.15) is 36.0 Å². The smallest absolute Gasteiger partial charge is 0.324 e. The predicted molar refractivity (Wildman–Crippen MR) is 129 cm³/mol. The highest BCUT2D eigenvalue weighted by Gasteiger charge is 2.39. The zero-order valence-corrected chi connectivity index (χ0v) is 20.8. The third-order valence-electron chi connectivity index (χ3n) is 5.85. The van der Waals surface area contributed by atoms with Crippen LogP contribution in [0.3, 0.4) is 0 Å². The normalized spacial score (nSPS) is 17.0. The summed E-state index contributed by atoms with van der Waals surface area (Å²) >= 11 is 0.932. The summed E-state index contributed by atoms with van der Waals surface area (Å²) in [6.07, 6.45) is 1.63. The van der Waals surface area contributed by atoms with Crippen LogP contribution in [0.15, 0.2) is 35.2 Å². The Labute approximate surface area is 202 Å². The van der Waals surface area contributed by atoms with Crippen molar-refractivity contribution in [2.24, 2.45) is 0 Å². The summed E-state index contributed by atoms with van der Waals surface area (Å²) in [6, 6.07) is 7.67. The molecule has 9 nitrogen and oxygen atoms in total. The Morgan fingerprint density at radius 3 is 2.62 bits per heavy atom. The molecule has 0 saturated carbocycles. The maximum absolute atomic E-state index is 13.5. The monoisotopic (exact) mass is 502 g/mol. The number of carbonyl (C=O) groups is 2. The van der Waals surface area contributed by atoms with Crippen molar-refractivity contribution < 1.29 is 22.7 Å². The fourth-order valence-corrected chi connectivity index (χ4v) is 6.73. The summed E-state index contributed by atoms with van der Waals surface area (Å²) in [7, 11) is -4.02. The Hall–Kier alpha value is -2.89. The van der Waals surface area contributed by atoms with E-state index >= 15 is 0 Å². The fraction of sp³-hybridized carbons (Fsp3) is 0.391. The lowest BCUT2D eigenvalue weighted by Crippen LogP contribution is -2.49. The number of sulfonamides is 1. The van der Waals surface area contributed by atoms with Gasteiger partial charge in [0.15, 0.2) is 6.61 Å². The molecule has 0 radical (unpaired) electrons. The minimum atomic E-state index is -4.02. The van der Waals surface area contributed by atoms with E-state index < -0.39 is 34.5 Å². The summed E-state index contributed by atoms with van der Waals surface area (Å²) in [5.41, 5.74) is 4.36. The van der Waals surface area contributed by atoms with Crippen molar-refractivity contribution in [2.75, 3.05) is 18.5 Å². The number of carbonyl (C=O) groups excluding carboxylic acids is 2. The SMILES string of the molecule is Cc1cc(C)c(NC(=O)COC(=O)C2CCCCN2S(=O)(=O)c2cccc3nsnc23)c(C)c1. The Morgan fingerprint density at radius 2 is 1.88 bits per heavy atom. The van der Waals surface area contributed by atoms with Gasteiger partial charge in [-0.25, -0.2) is 8.42 Å². The van der Waals surface area contributed by atoms with E-state index in [1.54, 1.807) is 12.1 Å². The van der Waals surface area contributed by atoms with Gasteiger partial charge in [-0.3, -0.25) is 9.59 Å². The molecule has 1 fully saturated rings. The number of nitrogens with one attached hydrogen (secondary N) is 1. The van der Waals surface area contributed by atoms with E-state index in [1.165, 1.54) is 10.4 Å². The van der Waals surface area contributed by atoms with Crippen LogP contribution in [-0.2, 0) is 24.3 Å². The number of benzene rings is 2. The molecule has 0 aliphatic carbocycles. The van der Waals surface area contributed by atoms with Crippen molar-refractivity contribution in [3.05, 3.63) is 47.0 Å². The number of hydrogen-bond acceptors (Lipinski definition) is 8. The first-order valence-corrected chi connectivity index (χ1v) is 13.1. The van der Waals surface area contributed by atoms with Crippen molar-refractivity contribution in [3.8, 4) is 0 Å². The van der Waals surface area contributed by atoms with Gasteiger partial charge in [0, 0.05) is 12.2 Å². The topological polar surface area (TPSA) is 119 Å². The number of ether oxygens (including phenoxy) is 1. The second kappa shape index (κ2) is 9.77. The van der Waals surface area contributed by atoms with Gasteiger partial charge in [0.1, 0.15) is 22.0 Å². The number of piperidine rings is 1. The Balaban J connectivity index is 1.48. The molecular formula is C23H26N4O5S2. The van der Waals surface area contributed by atoms with Crippen molar-refractivity contribution >= 4 is 50.3 Å². The molecule has 34 heavy (non-hydrogen) atoms. The summed E-state index contributed by atoms with van der Waals surface area (Å²) in [4.78, 5) is 25.4. The molecule has 180 valence electrons. The molecule has 3 aromatic rings. The number of rotatable bonds is 6. The zero-order valence-electron chi connectivity index (χ0n) is 19.2. The number of amides is 1. The molecule has 4 rings (SSSR count). The molecule has 1 unspecified atom stereocenters. The molecule has 1 N–H and O–H groups in total. The number of hydrogen-bond donors (Lipinski definition) is 1. The van der Waals surface area contributed by atoms with Gasteiger partial charge in [0.05, 0.1) is 11.7 Å². The molecule has 0 bridgehead atoms. The first-order chi connectivity index (χ1) is 16.2. The number of fused-ring (bicyclic) bond motifs is 1. The van der Waals surface area contributed by atoms with E-state index in [1.807, 2.05) is 32.9 Å². The van der Waals surface area contributed by atoms with Crippen LogP contribution in [0.4, 0.5) is 5.69 Å². The van der Waals surface area contributed by atoms with E-state index in [9.17, 15) is 18.0 Å². The van der Waals surface area contributed by atoms with E-state index in [2.05, 4.69) is 14.1 Å². The first-order valence-electron chi connectivity index (χ1n) is 11.0. The van der Waals surface area contributed by atoms with Crippen LogP contribution in [0.25, 0.3) is 11.0 Å². The molecule has 0 spiro atoms. The Morgan fingerprint density at radius 1 is 1.15 bits per heavy atom. The van der Waals surface area contributed by atoms with E-state index in [0.717, 1.165) is 28.4 Å². The molecule has 1 atom stereocenters. The molecule has 11 heteroatoms. The van der Waals surface area contributed by atoms with Gasteiger partial charge in [0.25, 0.3) is 5.91 Å². The van der Waals surface area contributed by atoms with Crippen LogP contribution in [0.2, 0.25) is 0 Å². The van der Waals surface area contributed by atoms with Crippen molar-refractivity contribution in [1.82, 2.24) is 13.1 Å². The van der Waals surface area contributed by atoms with E-state index in [0.29, 0.717) is 30.5 Å². The number of anilines is 1. The maximum Gasteiger partial charge on any atom is 0.324 e. The zero-order chi connectivity index (χ0) is 24.5. The molecule has 1 saturated heterocycles. The largest absolute Gasteiger partial charge is 0.454 e. The molecular weight excluding hydrogens is 476 g/mol. The number of esters is 1. The predicted octanol–water partition coefficient (Wildman–Crippen LogP) is 3.34. The average molecular weight is 503 g/mol. The average Bonchev–Trinajstić information content (AvgIpc) is 3.28. The van der Waals surface area contributed by atoms with Crippen molar-refractivity contribution in [1.29, 1.82) is 0 Å². The molecule has 1 amide bonds. The van der Waals surface area contributed by atoms with Crippen LogP contribution >= 0.6 is 11.7 Å². The second-order valence-corrected chi connectivity index (χ2v) is 10.8. The summed E-state index contributed by atoms with van der Waals surface area (Å²) < 4.78 is 41.6. The second-order valence-electron chi connectivity index (χ2n) is 8.45. The van der Waals surface area contributed by atoms with Crippen molar-refractivity contribution in [3.63, 3.8) is 0 Å². The number of aromatic nitrogens is 2. The van der Waals surface area contributed by atoms with Crippen LogP contribution in [-0.4, -0.2) is 52.5 Å². The lowest BCUT2D eigenvalue weighted by atomic mass is 10.1. The molecule has 1 aliphatic rings. The number of nitrogens with zero attached hydrogens (tertiary/aromatic N) is 3. The van der Waals surface area contributed by atoms with Gasteiger partial charge in [-0.05, 0) is 63.3 Å². The molecule has 1 aliphatic heterocycles. The quantitative estimate of drug-likeness (QED) is 0.514. The lowest BCUT2D eigenvalue weighted by molar-refractivity contribution is -0.152. The summed E-state index contributed by atoms with van der Waals surface area (Å²) in [5, 5.41) is 2.79. The Bertz CT molecular complexity index is 1330. The van der Waals surface area contributed by atoms with Gasteiger partial charge in [-0.1, -0.05) is 23.8 Å². The lowest BCUT2D eigenvalue weighted by Gasteiger charge is -2.32. The standard InChI is InChI=1S/C23H26N4O5S2/c1-14-11-15(2)21(16(3)12-14)24-20(28)13-32-23(29)18-8-4-5-10-27(18)34(30,31)19-9-6-7-17-22(19)26-33-25-17/h6-7,9,11-12,18H,4-5,8,10,13H2,1-3H3,(H,24,28). The number of aryl methyl sites for hydroxylation is 3. The van der Waals surface area contributed by atoms with E-state index in [-0.39, 0.29) is 17.0 Å². The fourth-order valence-electron chi connectivity index (χ4n) is 4.33. The first kappa shape index (κ1) is 24.2. The molecule has 1 aromatic heterocycles. The van der Waals surface area contributed by atoms with Gasteiger partial charge in [-0.2, -0.15) is 13.1 Å². The van der Waals surface area contributed by atoms with E-state index in [4.69, 9.17) is 4.74 Å². The third-order valence-corrected chi connectivity index (χ3v) is 8.33. The minimum absolute atomic E-state index is 0.0153. The Kier molecular flexibility index (Phi) is 6.96. The van der Waals surface area contributed by atoms with Crippen molar-refractivity contribution in [2.45, 2.75) is 51.0 Å². The van der Waals surface area contributed by atoms with Gasteiger partial charge in [-0.15, -0.1) is 0 Å². The molecule has 2 aromatic carbocycles. The van der Waals surface area contributed by atoms with Gasteiger partial charge < -0.3 is 10.1 Å². The highest BCUT2D eigenvalue weighted by Crippen LogP contribution is 2.30. The van der Waals surface area contributed by atoms with Gasteiger partial charge in [0.2, 0.25) is 10.0 Å².